The van der Waals surface area contributed by atoms with Gasteiger partial charge in [0.1, 0.15) is 0 Å². The van der Waals surface area contributed by atoms with E-state index >= 15 is 0 Å². The van der Waals surface area contributed by atoms with Gasteiger partial charge in [-0.2, -0.15) is 0 Å². The molecule has 6 heteroatoms. The van der Waals surface area contributed by atoms with Gasteiger partial charge in [0.15, 0.2) is 0 Å². The molecule has 0 atom stereocenters. The van der Waals surface area contributed by atoms with Crippen molar-refractivity contribution < 1.29 is 4.79 Å². The Morgan fingerprint density at radius 3 is 2.65 bits per heavy atom. The van der Waals surface area contributed by atoms with Crippen LogP contribution < -0.4 is 10.6 Å². The molecule has 4 nitrogen and oxygen atoms in total. The number of rotatable bonds is 4. The molecule has 0 radical (unpaired) electrons. The van der Waals surface area contributed by atoms with Gasteiger partial charge in [-0.3, -0.25) is 4.79 Å². The smallest absolute Gasteiger partial charge is 0.251 e. The molecule has 2 N–H and O–H groups in total. The van der Waals surface area contributed by atoms with Gasteiger partial charge in [-0.1, -0.05) is 13.0 Å². The molecule has 0 aliphatic carbocycles. The molecule has 130 valence electrons. The second-order valence-electron chi connectivity index (χ2n) is 6.37. The number of amides is 1. The highest BCUT2D eigenvalue weighted by Gasteiger charge is 2.16. The zero-order chi connectivity index (χ0) is 14.7. The Hall–Kier alpha value is -0.810. The second kappa shape index (κ2) is 9.48. The van der Waals surface area contributed by atoms with E-state index in [0.29, 0.717) is 0 Å². The van der Waals surface area contributed by atoms with E-state index < -0.39 is 0 Å². The zero-order valence-electron chi connectivity index (χ0n) is 13.6. The summed E-state index contributed by atoms with van der Waals surface area (Å²) in [4.78, 5) is 14.6. The van der Waals surface area contributed by atoms with Crippen molar-refractivity contribution in [2.45, 2.75) is 32.9 Å². The van der Waals surface area contributed by atoms with Crippen molar-refractivity contribution in [3.05, 3.63) is 34.9 Å². The van der Waals surface area contributed by atoms with E-state index in [9.17, 15) is 4.79 Å². The van der Waals surface area contributed by atoms with Crippen LogP contribution in [0.1, 0.15) is 41.3 Å². The van der Waals surface area contributed by atoms with Gasteiger partial charge in [0.2, 0.25) is 0 Å². The summed E-state index contributed by atoms with van der Waals surface area (Å²) in [6.07, 6.45) is 2.57. The normalized spacial score (nSPS) is 17.8. The van der Waals surface area contributed by atoms with E-state index in [1.165, 1.54) is 37.1 Å². The van der Waals surface area contributed by atoms with Crippen LogP contribution in [0.15, 0.2) is 18.2 Å². The van der Waals surface area contributed by atoms with Crippen molar-refractivity contribution in [1.29, 1.82) is 0 Å². The number of fused-ring (bicyclic) bond motifs is 1. The molecule has 0 bridgehead atoms. The fourth-order valence-electron chi connectivity index (χ4n) is 3.15. The fraction of sp³-hybridized carbons (Fsp3) is 0.588. The van der Waals surface area contributed by atoms with Gasteiger partial charge in [-0.25, -0.2) is 0 Å². The molecule has 3 rings (SSSR count). The van der Waals surface area contributed by atoms with E-state index in [-0.39, 0.29) is 30.7 Å². The van der Waals surface area contributed by atoms with Crippen LogP contribution >= 0.6 is 24.8 Å². The largest absolute Gasteiger partial charge is 0.351 e. The maximum absolute atomic E-state index is 12.2. The number of nitrogens with one attached hydrogen (secondary N) is 2. The lowest BCUT2D eigenvalue weighted by molar-refractivity contribution is 0.0944. The number of carbonyl (C=O) groups is 1. The second-order valence-corrected chi connectivity index (χ2v) is 6.37. The highest BCUT2D eigenvalue weighted by atomic mass is 35.5. The van der Waals surface area contributed by atoms with Gasteiger partial charge in [0.25, 0.3) is 5.91 Å². The molecule has 23 heavy (non-hydrogen) atoms. The summed E-state index contributed by atoms with van der Waals surface area (Å²) in [7, 11) is 0. The Morgan fingerprint density at radius 1 is 1.22 bits per heavy atom. The third kappa shape index (κ3) is 5.35. The average molecular weight is 360 g/mol. The number of carbonyl (C=O) groups excluding carboxylic acids is 1. The number of halogens is 2. The minimum Gasteiger partial charge on any atom is -0.351 e. The summed E-state index contributed by atoms with van der Waals surface area (Å²) in [6.45, 7) is 8.16. The van der Waals surface area contributed by atoms with Crippen LogP contribution in [0.25, 0.3) is 0 Å². The van der Waals surface area contributed by atoms with Gasteiger partial charge < -0.3 is 15.5 Å². The first-order valence-corrected chi connectivity index (χ1v) is 8.05. The molecule has 1 amide bonds. The van der Waals surface area contributed by atoms with Gasteiger partial charge in [-0.05, 0) is 55.1 Å². The number of nitrogens with zero attached hydrogens (tertiary/aromatic N) is 1. The molecule has 0 spiro atoms. The van der Waals surface area contributed by atoms with Crippen LogP contribution in [0.4, 0.5) is 0 Å². The SMILES string of the molecule is CC1CCN(CCNC(=O)c2ccc3c(c2)CNC3)CC1.Cl.Cl. The molecule has 1 aromatic rings. The molecule has 2 aliphatic heterocycles. The summed E-state index contributed by atoms with van der Waals surface area (Å²) >= 11 is 0. The predicted octanol–water partition coefficient (Wildman–Crippen LogP) is 2.60. The van der Waals surface area contributed by atoms with Crippen LogP contribution in [0.3, 0.4) is 0 Å². The molecule has 1 aromatic carbocycles. The predicted molar refractivity (Wildman–Crippen MR) is 98.7 cm³/mol. The van der Waals surface area contributed by atoms with Crippen molar-refractivity contribution >= 4 is 30.7 Å². The lowest BCUT2D eigenvalue weighted by Gasteiger charge is -2.30. The molecule has 0 aromatic heterocycles. The summed E-state index contributed by atoms with van der Waals surface area (Å²) < 4.78 is 0. The van der Waals surface area contributed by atoms with E-state index in [4.69, 9.17) is 0 Å². The highest BCUT2D eigenvalue weighted by Crippen LogP contribution is 2.17. The standard InChI is InChI=1S/C17H25N3O.2ClH/c1-13-4-7-20(8-5-13)9-6-19-17(21)14-2-3-15-11-18-12-16(15)10-14;;/h2-3,10,13,18H,4-9,11-12H2,1H3,(H,19,21);2*1H. The molecule has 2 aliphatic rings. The van der Waals surface area contributed by atoms with Crippen molar-refractivity contribution in [3.63, 3.8) is 0 Å². The van der Waals surface area contributed by atoms with Crippen molar-refractivity contribution in [3.8, 4) is 0 Å². The van der Waals surface area contributed by atoms with Crippen LogP contribution in [0, 0.1) is 5.92 Å². The van der Waals surface area contributed by atoms with E-state index in [0.717, 1.165) is 37.7 Å². The minimum absolute atomic E-state index is 0. The molecular weight excluding hydrogens is 333 g/mol. The number of piperidine rings is 1. The lowest BCUT2D eigenvalue weighted by Crippen LogP contribution is -2.39. The topological polar surface area (TPSA) is 44.4 Å². The summed E-state index contributed by atoms with van der Waals surface area (Å²) in [6, 6.07) is 6.02. The summed E-state index contributed by atoms with van der Waals surface area (Å²) in [5.74, 6) is 0.908. The lowest BCUT2D eigenvalue weighted by atomic mass is 9.99. The third-order valence-corrected chi connectivity index (χ3v) is 4.69. The van der Waals surface area contributed by atoms with Crippen LogP contribution in [-0.2, 0) is 13.1 Å². The monoisotopic (exact) mass is 359 g/mol. The third-order valence-electron chi connectivity index (χ3n) is 4.69. The molecule has 0 saturated carbocycles. The Bertz CT molecular complexity index is 517. The van der Waals surface area contributed by atoms with Crippen molar-refractivity contribution in [2.24, 2.45) is 5.92 Å². The maximum atomic E-state index is 12.2. The number of hydrogen-bond donors (Lipinski definition) is 2. The van der Waals surface area contributed by atoms with E-state index in [1.807, 2.05) is 12.1 Å². The van der Waals surface area contributed by atoms with Gasteiger partial charge in [0.05, 0.1) is 0 Å². The van der Waals surface area contributed by atoms with Gasteiger partial charge in [-0.15, -0.1) is 24.8 Å². The van der Waals surface area contributed by atoms with Gasteiger partial charge >= 0.3 is 0 Å². The number of likely N-dealkylation sites (tertiary alicyclic amines) is 1. The molecular formula is C17H27Cl2N3O. The van der Waals surface area contributed by atoms with Crippen molar-refractivity contribution in [1.82, 2.24) is 15.5 Å². The zero-order valence-corrected chi connectivity index (χ0v) is 15.3. The highest BCUT2D eigenvalue weighted by molar-refractivity contribution is 5.94. The minimum atomic E-state index is 0. The van der Waals surface area contributed by atoms with Gasteiger partial charge in [0, 0.05) is 31.7 Å². The Kier molecular flexibility index (Phi) is 8.34. The number of hydrogen-bond acceptors (Lipinski definition) is 3. The Balaban J connectivity index is 0.00000132. The van der Waals surface area contributed by atoms with Crippen LogP contribution in [-0.4, -0.2) is 37.0 Å². The Labute approximate surface area is 151 Å². The van der Waals surface area contributed by atoms with Crippen LogP contribution in [0.2, 0.25) is 0 Å². The molecule has 1 saturated heterocycles. The van der Waals surface area contributed by atoms with E-state index in [2.05, 4.69) is 28.5 Å². The molecule has 0 unspecified atom stereocenters. The molecule has 1 fully saturated rings. The first-order chi connectivity index (χ1) is 10.2. The first-order valence-electron chi connectivity index (χ1n) is 8.05. The summed E-state index contributed by atoms with van der Waals surface area (Å²) in [5, 5.41) is 6.35. The van der Waals surface area contributed by atoms with Crippen molar-refractivity contribution in [2.75, 3.05) is 26.2 Å². The maximum Gasteiger partial charge on any atom is 0.251 e. The fourth-order valence-corrected chi connectivity index (χ4v) is 3.15. The molecule has 2 heterocycles. The number of benzene rings is 1. The first kappa shape index (κ1) is 20.2. The summed E-state index contributed by atoms with van der Waals surface area (Å²) in [5.41, 5.74) is 3.35. The van der Waals surface area contributed by atoms with Crippen LogP contribution in [0.5, 0.6) is 0 Å². The quantitative estimate of drug-likeness (QED) is 0.868. The average Bonchev–Trinajstić information content (AvgIpc) is 2.96. The van der Waals surface area contributed by atoms with E-state index in [1.54, 1.807) is 0 Å². The Morgan fingerprint density at radius 2 is 1.91 bits per heavy atom.